The lowest BCUT2D eigenvalue weighted by molar-refractivity contribution is -0.136. The van der Waals surface area contributed by atoms with Crippen molar-refractivity contribution < 1.29 is 9.53 Å². The first kappa shape index (κ1) is 15.5. The maximum Gasteiger partial charge on any atom is 0.242 e. The number of methoxy groups -OCH3 is 1. The molecule has 0 saturated carbocycles. The van der Waals surface area contributed by atoms with E-state index >= 15 is 0 Å². The molecular weight excluding hydrogens is 240 g/mol. The predicted octanol–water partition coefficient (Wildman–Crippen LogP) is 1.96. The summed E-state index contributed by atoms with van der Waals surface area (Å²) in [5, 5.41) is 3.03. The minimum absolute atomic E-state index is 0.0542. The van der Waals surface area contributed by atoms with Crippen molar-refractivity contribution in [2.45, 2.75) is 32.9 Å². The normalized spacial score (nSPS) is 11.3. The predicted molar refractivity (Wildman–Crippen MR) is 77.3 cm³/mol. The van der Waals surface area contributed by atoms with Crippen LogP contribution in [0.1, 0.15) is 25.0 Å². The van der Waals surface area contributed by atoms with Crippen molar-refractivity contribution in [2.75, 3.05) is 21.2 Å². The third-order valence-electron chi connectivity index (χ3n) is 3.35. The molecule has 0 fully saturated rings. The molecule has 0 radical (unpaired) electrons. The average Bonchev–Trinajstić information content (AvgIpc) is 2.38. The molecule has 0 aliphatic heterocycles. The van der Waals surface area contributed by atoms with E-state index in [0.29, 0.717) is 6.54 Å². The Morgan fingerprint density at radius 1 is 1.42 bits per heavy atom. The summed E-state index contributed by atoms with van der Waals surface area (Å²) in [6, 6.07) is 5.99. The summed E-state index contributed by atoms with van der Waals surface area (Å²) >= 11 is 0. The SMILES string of the molecule is CNC(C)(C)C(=O)N(C)Cc1cc(C)ccc1OC. The number of ether oxygens (including phenoxy) is 1. The maximum absolute atomic E-state index is 12.3. The van der Waals surface area contributed by atoms with Gasteiger partial charge in [-0.1, -0.05) is 17.7 Å². The zero-order valence-corrected chi connectivity index (χ0v) is 12.7. The number of nitrogens with zero attached hydrogens (tertiary/aromatic N) is 1. The second-order valence-electron chi connectivity index (χ2n) is 5.35. The number of likely N-dealkylation sites (N-methyl/N-ethyl adjacent to an activating group) is 2. The lowest BCUT2D eigenvalue weighted by atomic mass is 10.0. The highest BCUT2D eigenvalue weighted by Gasteiger charge is 2.28. The molecule has 19 heavy (non-hydrogen) atoms. The molecular formula is C15H24N2O2. The minimum Gasteiger partial charge on any atom is -0.496 e. The van der Waals surface area contributed by atoms with Gasteiger partial charge in [-0.25, -0.2) is 0 Å². The van der Waals surface area contributed by atoms with Crippen molar-refractivity contribution in [1.82, 2.24) is 10.2 Å². The Bertz CT molecular complexity index is 455. The van der Waals surface area contributed by atoms with Gasteiger partial charge in [-0.15, -0.1) is 0 Å². The first-order valence-electron chi connectivity index (χ1n) is 6.40. The van der Waals surface area contributed by atoms with Crippen LogP contribution in [0.25, 0.3) is 0 Å². The first-order chi connectivity index (χ1) is 8.81. The molecule has 0 aliphatic carbocycles. The number of amides is 1. The van der Waals surface area contributed by atoms with E-state index in [-0.39, 0.29) is 5.91 Å². The Morgan fingerprint density at radius 2 is 2.05 bits per heavy atom. The van der Waals surface area contributed by atoms with Gasteiger partial charge in [0, 0.05) is 19.2 Å². The molecule has 1 aromatic carbocycles. The van der Waals surface area contributed by atoms with Gasteiger partial charge in [-0.3, -0.25) is 4.79 Å². The van der Waals surface area contributed by atoms with E-state index in [9.17, 15) is 4.79 Å². The Hall–Kier alpha value is -1.55. The molecule has 1 rings (SSSR count). The van der Waals surface area contributed by atoms with Gasteiger partial charge in [0.25, 0.3) is 0 Å². The standard InChI is InChI=1S/C15H24N2O2/c1-11-7-8-13(19-6)12(9-11)10-17(5)14(18)15(2,3)16-4/h7-9,16H,10H2,1-6H3. The molecule has 0 spiro atoms. The molecule has 0 aromatic heterocycles. The summed E-state index contributed by atoms with van der Waals surface area (Å²) in [5.74, 6) is 0.867. The van der Waals surface area contributed by atoms with Gasteiger partial charge in [0.15, 0.2) is 0 Å². The van der Waals surface area contributed by atoms with E-state index in [1.54, 1.807) is 19.1 Å². The van der Waals surface area contributed by atoms with E-state index in [4.69, 9.17) is 4.74 Å². The van der Waals surface area contributed by atoms with Gasteiger partial charge in [-0.2, -0.15) is 0 Å². The molecule has 0 saturated heterocycles. The van der Waals surface area contributed by atoms with E-state index < -0.39 is 5.54 Å². The largest absolute Gasteiger partial charge is 0.496 e. The fourth-order valence-corrected chi connectivity index (χ4v) is 1.94. The Labute approximate surface area is 115 Å². The highest BCUT2D eigenvalue weighted by Crippen LogP contribution is 2.21. The van der Waals surface area contributed by atoms with Crippen LogP contribution in [0.15, 0.2) is 18.2 Å². The topological polar surface area (TPSA) is 41.6 Å². The number of carbonyl (C=O) groups is 1. The minimum atomic E-state index is -0.564. The number of aryl methyl sites for hydroxylation is 1. The van der Waals surface area contributed by atoms with E-state index in [2.05, 4.69) is 11.4 Å². The van der Waals surface area contributed by atoms with Crippen LogP contribution in [0.4, 0.5) is 0 Å². The van der Waals surface area contributed by atoms with E-state index in [1.807, 2.05) is 40.0 Å². The fourth-order valence-electron chi connectivity index (χ4n) is 1.94. The lowest BCUT2D eigenvalue weighted by Crippen LogP contribution is -2.51. The lowest BCUT2D eigenvalue weighted by Gasteiger charge is -2.29. The molecule has 1 N–H and O–H groups in total. The third-order valence-corrected chi connectivity index (χ3v) is 3.35. The third kappa shape index (κ3) is 3.70. The Morgan fingerprint density at radius 3 is 2.58 bits per heavy atom. The number of rotatable bonds is 5. The van der Waals surface area contributed by atoms with Gasteiger partial charge in [0.2, 0.25) is 5.91 Å². The molecule has 0 aliphatic rings. The Balaban J connectivity index is 2.91. The van der Waals surface area contributed by atoms with Crippen LogP contribution in [0, 0.1) is 6.92 Å². The number of carbonyl (C=O) groups excluding carboxylic acids is 1. The van der Waals surface area contributed by atoms with Crippen molar-refractivity contribution in [1.29, 1.82) is 0 Å². The molecule has 0 bridgehead atoms. The number of hydrogen-bond acceptors (Lipinski definition) is 3. The fraction of sp³-hybridized carbons (Fsp3) is 0.533. The second kappa shape index (κ2) is 6.06. The van der Waals surface area contributed by atoms with Crippen LogP contribution >= 0.6 is 0 Å². The van der Waals surface area contributed by atoms with Crippen molar-refractivity contribution in [3.8, 4) is 5.75 Å². The van der Waals surface area contributed by atoms with E-state index in [1.165, 1.54) is 0 Å². The highest BCUT2D eigenvalue weighted by atomic mass is 16.5. The van der Waals surface area contributed by atoms with Crippen molar-refractivity contribution in [3.63, 3.8) is 0 Å². The summed E-state index contributed by atoms with van der Waals surface area (Å²) in [6.45, 7) is 6.32. The molecule has 106 valence electrons. The molecule has 4 heteroatoms. The van der Waals surface area contributed by atoms with Crippen molar-refractivity contribution >= 4 is 5.91 Å². The highest BCUT2D eigenvalue weighted by molar-refractivity contribution is 5.85. The average molecular weight is 264 g/mol. The monoisotopic (exact) mass is 264 g/mol. The van der Waals surface area contributed by atoms with Crippen molar-refractivity contribution in [3.05, 3.63) is 29.3 Å². The molecule has 1 amide bonds. The van der Waals surface area contributed by atoms with Crippen LogP contribution in [0.3, 0.4) is 0 Å². The van der Waals surface area contributed by atoms with Crippen LogP contribution in [-0.2, 0) is 11.3 Å². The second-order valence-corrected chi connectivity index (χ2v) is 5.35. The van der Waals surface area contributed by atoms with Gasteiger partial charge < -0.3 is 15.0 Å². The molecule has 4 nitrogen and oxygen atoms in total. The van der Waals surface area contributed by atoms with Crippen LogP contribution in [-0.4, -0.2) is 37.6 Å². The van der Waals surface area contributed by atoms with Crippen LogP contribution in [0.2, 0.25) is 0 Å². The summed E-state index contributed by atoms with van der Waals surface area (Å²) in [4.78, 5) is 14.0. The summed E-state index contributed by atoms with van der Waals surface area (Å²) < 4.78 is 5.34. The molecule has 0 atom stereocenters. The number of hydrogen-bond donors (Lipinski definition) is 1. The number of nitrogens with one attached hydrogen (secondary N) is 1. The van der Waals surface area contributed by atoms with Crippen LogP contribution < -0.4 is 10.1 Å². The molecule has 0 heterocycles. The van der Waals surface area contributed by atoms with Gasteiger partial charge in [0.05, 0.1) is 12.6 Å². The summed E-state index contributed by atoms with van der Waals surface area (Å²) in [5.41, 5.74) is 1.61. The summed E-state index contributed by atoms with van der Waals surface area (Å²) in [6.07, 6.45) is 0. The summed E-state index contributed by atoms with van der Waals surface area (Å²) in [7, 11) is 5.25. The quantitative estimate of drug-likeness (QED) is 0.884. The zero-order chi connectivity index (χ0) is 14.6. The molecule has 0 unspecified atom stereocenters. The van der Waals surface area contributed by atoms with E-state index in [0.717, 1.165) is 16.9 Å². The van der Waals surface area contributed by atoms with Crippen LogP contribution in [0.5, 0.6) is 5.75 Å². The van der Waals surface area contributed by atoms with Gasteiger partial charge in [-0.05, 0) is 33.9 Å². The van der Waals surface area contributed by atoms with Crippen molar-refractivity contribution in [2.24, 2.45) is 0 Å². The number of benzene rings is 1. The first-order valence-corrected chi connectivity index (χ1v) is 6.40. The van der Waals surface area contributed by atoms with Gasteiger partial charge in [0.1, 0.15) is 5.75 Å². The van der Waals surface area contributed by atoms with Gasteiger partial charge >= 0.3 is 0 Å². The zero-order valence-electron chi connectivity index (χ0n) is 12.7. The molecule has 1 aromatic rings. The Kier molecular flexibility index (Phi) is 4.95. The smallest absolute Gasteiger partial charge is 0.242 e. The maximum atomic E-state index is 12.3.